The first-order valence-corrected chi connectivity index (χ1v) is 5.20. The van der Waals surface area contributed by atoms with Crippen LogP contribution in [0.5, 0.6) is 0 Å². The molecule has 0 amide bonds. The van der Waals surface area contributed by atoms with Gasteiger partial charge in [0, 0.05) is 37.0 Å². The quantitative estimate of drug-likeness (QED) is 0.600. The monoisotopic (exact) mass is 230 g/mol. The van der Waals surface area contributed by atoms with E-state index in [2.05, 4.69) is 10.2 Å². The normalized spacial score (nSPS) is 13.1. The van der Waals surface area contributed by atoms with Gasteiger partial charge in [0.2, 0.25) is 0 Å². The van der Waals surface area contributed by atoms with Crippen LogP contribution in [-0.2, 0) is 6.54 Å². The first kappa shape index (κ1) is 9.83. The van der Waals surface area contributed by atoms with Crippen molar-refractivity contribution in [1.29, 1.82) is 0 Å². The number of H-pyrrole nitrogens is 1. The summed E-state index contributed by atoms with van der Waals surface area (Å²) in [4.78, 5) is 12.5. The standard InChI is InChI=1S/C11H10N4O2/c1-14-6-7-5-12-13-10(7)8-3-2-4-9(11(8)14)15(16)17/h2-5H,6H2,1H3,(H,12,13). The van der Waals surface area contributed by atoms with Crippen molar-refractivity contribution in [1.82, 2.24) is 10.2 Å². The van der Waals surface area contributed by atoms with Gasteiger partial charge in [0.05, 0.1) is 10.6 Å². The summed E-state index contributed by atoms with van der Waals surface area (Å²) in [5.41, 5.74) is 3.43. The summed E-state index contributed by atoms with van der Waals surface area (Å²) in [7, 11) is 1.85. The Hall–Kier alpha value is -2.37. The number of nitrogens with one attached hydrogen (secondary N) is 1. The Labute approximate surface area is 97.0 Å². The Kier molecular flexibility index (Phi) is 1.91. The van der Waals surface area contributed by atoms with Crippen LogP contribution in [0.2, 0.25) is 0 Å². The third kappa shape index (κ3) is 1.30. The maximum Gasteiger partial charge on any atom is 0.293 e. The summed E-state index contributed by atoms with van der Waals surface area (Å²) < 4.78 is 0. The van der Waals surface area contributed by atoms with E-state index in [9.17, 15) is 10.1 Å². The summed E-state index contributed by atoms with van der Waals surface area (Å²) in [5.74, 6) is 0. The molecule has 0 radical (unpaired) electrons. The van der Waals surface area contributed by atoms with Crippen molar-refractivity contribution in [2.75, 3.05) is 11.9 Å². The molecule has 2 aromatic rings. The fourth-order valence-electron chi connectivity index (χ4n) is 2.27. The van der Waals surface area contributed by atoms with Crippen molar-refractivity contribution in [3.8, 4) is 11.3 Å². The lowest BCUT2D eigenvalue weighted by Gasteiger charge is -2.26. The van der Waals surface area contributed by atoms with Crippen LogP contribution in [0, 0.1) is 10.1 Å². The van der Waals surface area contributed by atoms with Gasteiger partial charge in [0.25, 0.3) is 5.69 Å². The van der Waals surface area contributed by atoms with Gasteiger partial charge in [-0.2, -0.15) is 5.10 Å². The van der Waals surface area contributed by atoms with Gasteiger partial charge in [-0.05, 0) is 0 Å². The Balaban J connectivity index is 2.32. The molecule has 0 aliphatic carbocycles. The van der Waals surface area contributed by atoms with E-state index in [4.69, 9.17) is 0 Å². The van der Waals surface area contributed by atoms with E-state index in [1.807, 2.05) is 24.2 Å². The van der Waals surface area contributed by atoms with Crippen molar-refractivity contribution in [3.05, 3.63) is 40.1 Å². The average molecular weight is 230 g/mol. The number of hydrogen-bond acceptors (Lipinski definition) is 4. The second-order valence-electron chi connectivity index (χ2n) is 4.05. The minimum Gasteiger partial charge on any atom is -0.364 e. The molecule has 1 N–H and O–H groups in total. The van der Waals surface area contributed by atoms with Crippen molar-refractivity contribution >= 4 is 11.4 Å². The van der Waals surface area contributed by atoms with E-state index in [1.54, 1.807) is 6.07 Å². The number of aromatic amines is 1. The van der Waals surface area contributed by atoms with Crippen LogP contribution in [0.3, 0.4) is 0 Å². The molecule has 0 saturated carbocycles. The maximum atomic E-state index is 11.0. The van der Waals surface area contributed by atoms with E-state index in [0.717, 1.165) is 16.8 Å². The van der Waals surface area contributed by atoms with Crippen molar-refractivity contribution in [3.63, 3.8) is 0 Å². The zero-order valence-corrected chi connectivity index (χ0v) is 9.17. The Morgan fingerprint density at radius 3 is 3.12 bits per heavy atom. The number of aromatic nitrogens is 2. The molecule has 0 bridgehead atoms. The van der Waals surface area contributed by atoms with E-state index in [0.29, 0.717) is 12.2 Å². The van der Waals surface area contributed by atoms with Crippen molar-refractivity contribution < 1.29 is 4.92 Å². The van der Waals surface area contributed by atoms with Crippen molar-refractivity contribution in [2.45, 2.75) is 6.54 Å². The molecule has 6 nitrogen and oxygen atoms in total. The second-order valence-corrected chi connectivity index (χ2v) is 4.05. The number of benzene rings is 1. The van der Waals surface area contributed by atoms with Crippen LogP contribution in [0.4, 0.5) is 11.4 Å². The summed E-state index contributed by atoms with van der Waals surface area (Å²) in [6, 6.07) is 5.07. The Morgan fingerprint density at radius 1 is 1.53 bits per heavy atom. The maximum absolute atomic E-state index is 11.0. The molecule has 0 atom stereocenters. The zero-order chi connectivity index (χ0) is 12.0. The van der Waals surface area contributed by atoms with E-state index >= 15 is 0 Å². The predicted molar refractivity (Wildman–Crippen MR) is 62.8 cm³/mol. The molecular formula is C11H10N4O2. The average Bonchev–Trinajstić information content (AvgIpc) is 2.76. The van der Waals surface area contributed by atoms with Gasteiger partial charge >= 0.3 is 0 Å². The second kappa shape index (κ2) is 3.31. The molecule has 0 unspecified atom stereocenters. The number of nitro benzene ring substituents is 1. The predicted octanol–water partition coefficient (Wildman–Crippen LogP) is 1.93. The minimum atomic E-state index is -0.354. The van der Waals surface area contributed by atoms with Crippen molar-refractivity contribution in [2.24, 2.45) is 0 Å². The molecule has 0 saturated heterocycles. The largest absolute Gasteiger partial charge is 0.364 e. The lowest BCUT2D eigenvalue weighted by molar-refractivity contribution is -0.384. The summed E-state index contributed by atoms with van der Waals surface area (Å²) in [6.07, 6.45) is 1.83. The number of anilines is 1. The van der Waals surface area contributed by atoms with Crippen LogP contribution in [-0.4, -0.2) is 22.2 Å². The van der Waals surface area contributed by atoms with Gasteiger partial charge in [0.15, 0.2) is 0 Å². The minimum absolute atomic E-state index is 0.124. The first-order valence-electron chi connectivity index (χ1n) is 5.20. The number of hydrogen-bond donors (Lipinski definition) is 1. The first-order chi connectivity index (χ1) is 8.18. The fraction of sp³-hybridized carbons (Fsp3) is 0.182. The molecule has 17 heavy (non-hydrogen) atoms. The third-order valence-electron chi connectivity index (χ3n) is 2.98. The SMILES string of the molecule is CN1Cc2c[nH]nc2-c2cccc([N+](=O)[O-])c21. The van der Waals surface area contributed by atoms with E-state index in [-0.39, 0.29) is 10.6 Å². The molecule has 2 heterocycles. The Bertz CT molecular complexity index is 605. The molecule has 1 aromatic carbocycles. The van der Waals surface area contributed by atoms with Crippen LogP contribution in [0.1, 0.15) is 5.56 Å². The van der Waals surface area contributed by atoms with E-state index < -0.39 is 0 Å². The number of fused-ring (bicyclic) bond motifs is 3. The van der Waals surface area contributed by atoms with E-state index in [1.165, 1.54) is 6.07 Å². The Morgan fingerprint density at radius 2 is 2.35 bits per heavy atom. The smallest absolute Gasteiger partial charge is 0.293 e. The van der Waals surface area contributed by atoms with Gasteiger partial charge in [-0.3, -0.25) is 15.2 Å². The van der Waals surface area contributed by atoms with Crippen LogP contribution < -0.4 is 4.90 Å². The summed E-state index contributed by atoms with van der Waals surface area (Å²) in [6.45, 7) is 0.629. The highest BCUT2D eigenvalue weighted by Gasteiger charge is 2.28. The number of para-hydroxylation sites is 1. The summed E-state index contributed by atoms with van der Waals surface area (Å²) in [5, 5.41) is 18.0. The molecule has 0 fully saturated rings. The van der Waals surface area contributed by atoms with Crippen LogP contribution >= 0.6 is 0 Å². The molecule has 0 spiro atoms. The fourth-order valence-corrected chi connectivity index (χ4v) is 2.27. The molecular weight excluding hydrogens is 220 g/mol. The van der Waals surface area contributed by atoms with Gasteiger partial charge in [-0.1, -0.05) is 12.1 Å². The molecule has 1 aliphatic heterocycles. The lowest BCUT2D eigenvalue weighted by atomic mass is 9.99. The molecule has 1 aromatic heterocycles. The number of nitro groups is 1. The molecule has 1 aliphatic rings. The molecule has 3 rings (SSSR count). The van der Waals surface area contributed by atoms with Gasteiger partial charge in [-0.15, -0.1) is 0 Å². The van der Waals surface area contributed by atoms with Gasteiger partial charge in [0.1, 0.15) is 5.69 Å². The van der Waals surface area contributed by atoms with Crippen LogP contribution in [0.25, 0.3) is 11.3 Å². The highest BCUT2D eigenvalue weighted by atomic mass is 16.6. The van der Waals surface area contributed by atoms with Crippen LogP contribution in [0.15, 0.2) is 24.4 Å². The number of rotatable bonds is 1. The third-order valence-corrected chi connectivity index (χ3v) is 2.98. The highest BCUT2D eigenvalue weighted by Crippen LogP contribution is 2.42. The number of nitrogens with zero attached hydrogens (tertiary/aromatic N) is 3. The van der Waals surface area contributed by atoms with Gasteiger partial charge < -0.3 is 4.90 Å². The topological polar surface area (TPSA) is 75.1 Å². The summed E-state index contributed by atoms with van der Waals surface area (Å²) >= 11 is 0. The molecule has 6 heteroatoms. The highest BCUT2D eigenvalue weighted by molar-refractivity contribution is 5.86. The van der Waals surface area contributed by atoms with Gasteiger partial charge in [-0.25, -0.2) is 0 Å². The molecule has 86 valence electrons. The zero-order valence-electron chi connectivity index (χ0n) is 9.17. The lowest BCUT2D eigenvalue weighted by Crippen LogP contribution is -2.22.